The molecule has 0 aliphatic heterocycles. The number of rotatable bonds is 9. The van der Waals surface area contributed by atoms with Crippen molar-refractivity contribution in [2.75, 3.05) is 5.75 Å². The van der Waals surface area contributed by atoms with Gasteiger partial charge in [-0.15, -0.1) is 16.8 Å². The maximum atomic E-state index is 13.0. The van der Waals surface area contributed by atoms with Gasteiger partial charge < -0.3 is 10.1 Å². The molecule has 1 aliphatic carbocycles. The molecule has 1 heterocycles. The van der Waals surface area contributed by atoms with Crippen LogP contribution >= 0.6 is 11.8 Å². The Bertz CT molecular complexity index is 817. The number of ether oxygens (including phenoxy) is 1. The van der Waals surface area contributed by atoms with Gasteiger partial charge >= 0.3 is 0 Å². The molecule has 0 bridgehead atoms. The van der Waals surface area contributed by atoms with Crippen molar-refractivity contribution in [3.63, 3.8) is 0 Å². The number of hydrogen-bond donors (Lipinski definition) is 1. The minimum absolute atomic E-state index is 0.0202. The number of aromatic nitrogens is 3. The minimum Gasteiger partial charge on any atom is -0.486 e. The van der Waals surface area contributed by atoms with Gasteiger partial charge in [0.25, 0.3) is 0 Å². The monoisotopic (exact) mass is 418 g/mol. The summed E-state index contributed by atoms with van der Waals surface area (Å²) in [4.78, 5) is 12.3. The van der Waals surface area contributed by atoms with Crippen LogP contribution in [0.4, 0.5) is 4.39 Å². The zero-order valence-electron chi connectivity index (χ0n) is 16.6. The summed E-state index contributed by atoms with van der Waals surface area (Å²) in [6, 6.07) is 6.10. The molecule has 0 spiro atoms. The van der Waals surface area contributed by atoms with Crippen molar-refractivity contribution in [1.82, 2.24) is 20.1 Å². The Morgan fingerprint density at radius 1 is 1.31 bits per heavy atom. The van der Waals surface area contributed by atoms with Crippen molar-refractivity contribution < 1.29 is 13.9 Å². The van der Waals surface area contributed by atoms with Gasteiger partial charge in [-0.25, -0.2) is 4.39 Å². The van der Waals surface area contributed by atoms with Crippen LogP contribution < -0.4 is 10.1 Å². The summed E-state index contributed by atoms with van der Waals surface area (Å²) in [6.07, 6.45) is 6.19. The molecule has 0 saturated heterocycles. The molecule has 1 fully saturated rings. The number of halogens is 1. The third-order valence-corrected chi connectivity index (χ3v) is 5.97. The Kier molecular flexibility index (Phi) is 7.69. The highest BCUT2D eigenvalue weighted by Crippen LogP contribution is 2.24. The van der Waals surface area contributed by atoms with Crippen LogP contribution in [0.1, 0.15) is 38.4 Å². The number of carbonyl (C=O) groups excluding carboxylic acids is 1. The van der Waals surface area contributed by atoms with Crippen LogP contribution in [-0.2, 0) is 17.9 Å². The van der Waals surface area contributed by atoms with Crippen molar-refractivity contribution in [3.05, 3.63) is 48.6 Å². The quantitative estimate of drug-likeness (QED) is 0.493. The van der Waals surface area contributed by atoms with E-state index in [1.165, 1.54) is 36.7 Å². The highest BCUT2D eigenvalue weighted by atomic mass is 32.2. The van der Waals surface area contributed by atoms with Crippen LogP contribution in [0.3, 0.4) is 0 Å². The molecule has 1 aromatic heterocycles. The highest BCUT2D eigenvalue weighted by molar-refractivity contribution is 7.99. The van der Waals surface area contributed by atoms with E-state index in [0.717, 1.165) is 18.8 Å². The number of nitrogens with zero attached hydrogens (tertiary/aromatic N) is 3. The fraction of sp³-hybridized carbons (Fsp3) is 0.476. The Labute approximate surface area is 174 Å². The summed E-state index contributed by atoms with van der Waals surface area (Å²) in [6.45, 7) is 6.75. The van der Waals surface area contributed by atoms with Crippen molar-refractivity contribution in [2.45, 2.75) is 57.0 Å². The minimum atomic E-state index is -0.313. The second-order valence-corrected chi connectivity index (χ2v) is 8.30. The summed E-state index contributed by atoms with van der Waals surface area (Å²) in [7, 11) is 0. The van der Waals surface area contributed by atoms with Gasteiger partial charge in [0.05, 0.1) is 5.75 Å². The summed E-state index contributed by atoms with van der Waals surface area (Å²) in [5.74, 6) is 1.93. The van der Waals surface area contributed by atoms with Gasteiger partial charge in [-0.2, -0.15) is 0 Å². The Balaban J connectivity index is 1.54. The van der Waals surface area contributed by atoms with Crippen LogP contribution in [0, 0.1) is 11.7 Å². The largest absolute Gasteiger partial charge is 0.486 e. The number of hydrogen-bond acceptors (Lipinski definition) is 5. The number of amides is 1. The second kappa shape index (κ2) is 10.4. The smallest absolute Gasteiger partial charge is 0.230 e. The second-order valence-electron chi connectivity index (χ2n) is 7.35. The maximum absolute atomic E-state index is 13.0. The molecular weight excluding hydrogens is 391 g/mol. The molecule has 0 atom stereocenters. The topological polar surface area (TPSA) is 69.0 Å². The third-order valence-electron chi connectivity index (χ3n) is 5.00. The molecule has 1 N–H and O–H groups in total. The van der Waals surface area contributed by atoms with Crippen molar-refractivity contribution >= 4 is 17.7 Å². The standard InChI is InChI=1S/C21H27FN4O2S/c1-3-12-26-19(13-28-18-10-6-16(22)7-11-18)24-25-21(26)29-14-20(27)23-17-8-4-15(2)5-9-17/h3,6-7,10-11,15,17H,1,4-5,8-9,12-14H2,2H3,(H,23,27). The summed E-state index contributed by atoms with van der Waals surface area (Å²) in [5, 5.41) is 12.2. The normalized spacial score (nSPS) is 19.0. The first kappa shape index (κ1) is 21.4. The number of allylic oxidation sites excluding steroid dienone is 1. The molecule has 8 heteroatoms. The maximum Gasteiger partial charge on any atom is 0.230 e. The first-order valence-electron chi connectivity index (χ1n) is 9.88. The first-order chi connectivity index (χ1) is 14.0. The lowest BCUT2D eigenvalue weighted by Crippen LogP contribution is -2.38. The lowest BCUT2D eigenvalue weighted by Gasteiger charge is -2.26. The van der Waals surface area contributed by atoms with E-state index in [2.05, 4.69) is 29.0 Å². The fourth-order valence-electron chi connectivity index (χ4n) is 3.33. The van der Waals surface area contributed by atoms with Gasteiger partial charge in [0.15, 0.2) is 11.0 Å². The van der Waals surface area contributed by atoms with Crippen LogP contribution in [0.15, 0.2) is 42.1 Å². The van der Waals surface area contributed by atoms with Crippen molar-refractivity contribution in [1.29, 1.82) is 0 Å². The number of nitrogens with one attached hydrogen (secondary N) is 1. The summed E-state index contributed by atoms with van der Waals surface area (Å²) < 4.78 is 20.5. The lowest BCUT2D eigenvalue weighted by molar-refractivity contribution is -0.119. The molecule has 3 rings (SSSR count). The van der Waals surface area contributed by atoms with Gasteiger partial charge in [0.2, 0.25) is 5.91 Å². The van der Waals surface area contributed by atoms with E-state index in [9.17, 15) is 9.18 Å². The van der Waals surface area contributed by atoms with Crippen LogP contribution in [-0.4, -0.2) is 32.5 Å². The van der Waals surface area contributed by atoms with Gasteiger partial charge in [-0.05, 0) is 55.9 Å². The van der Waals surface area contributed by atoms with Crippen molar-refractivity contribution in [2.24, 2.45) is 5.92 Å². The van der Waals surface area contributed by atoms with E-state index in [4.69, 9.17) is 4.74 Å². The Hall–Kier alpha value is -2.35. The average molecular weight is 419 g/mol. The summed E-state index contributed by atoms with van der Waals surface area (Å²) >= 11 is 1.35. The van der Waals surface area contributed by atoms with Gasteiger partial charge in [0, 0.05) is 12.6 Å². The molecule has 156 valence electrons. The molecule has 6 nitrogen and oxygen atoms in total. The Morgan fingerprint density at radius 2 is 2.03 bits per heavy atom. The molecule has 29 heavy (non-hydrogen) atoms. The molecule has 1 amide bonds. The molecular formula is C21H27FN4O2S. The van der Waals surface area contributed by atoms with E-state index in [1.54, 1.807) is 18.2 Å². The van der Waals surface area contributed by atoms with E-state index < -0.39 is 0 Å². The zero-order valence-corrected chi connectivity index (χ0v) is 17.5. The van der Waals surface area contributed by atoms with Crippen LogP contribution in [0.25, 0.3) is 0 Å². The zero-order chi connectivity index (χ0) is 20.6. The molecule has 0 unspecified atom stereocenters. The molecule has 1 saturated carbocycles. The molecule has 2 aromatic rings. The van der Waals surface area contributed by atoms with Gasteiger partial charge in [-0.1, -0.05) is 24.8 Å². The van der Waals surface area contributed by atoms with Crippen LogP contribution in [0.2, 0.25) is 0 Å². The van der Waals surface area contributed by atoms with Crippen LogP contribution in [0.5, 0.6) is 5.75 Å². The number of thioether (sulfide) groups is 1. The predicted molar refractivity (Wildman–Crippen MR) is 111 cm³/mol. The number of benzene rings is 1. The average Bonchev–Trinajstić information content (AvgIpc) is 3.10. The van der Waals surface area contributed by atoms with E-state index in [-0.39, 0.29) is 24.4 Å². The van der Waals surface area contributed by atoms with E-state index in [0.29, 0.717) is 29.0 Å². The summed E-state index contributed by atoms with van der Waals surface area (Å²) in [5.41, 5.74) is 0. The molecule has 1 aliphatic rings. The first-order valence-corrected chi connectivity index (χ1v) is 10.9. The third kappa shape index (κ3) is 6.32. The lowest BCUT2D eigenvalue weighted by atomic mass is 9.87. The molecule has 1 aromatic carbocycles. The SMILES string of the molecule is C=CCn1c(COc2ccc(F)cc2)nnc1SCC(=O)NC1CCC(C)CC1. The Morgan fingerprint density at radius 3 is 2.72 bits per heavy atom. The highest BCUT2D eigenvalue weighted by Gasteiger charge is 2.20. The predicted octanol–water partition coefficient (Wildman–Crippen LogP) is 3.97. The van der Waals surface area contributed by atoms with Crippen molar-refractivity contribution in [3.8, 4) is 5.75 Å². The fourth-order valence-corrected chi connectivity index (χ4v) is 4.11. The van der Waals surface area contributed by atoms with Gasteiger partial charge in [-0.3, -0.25) is 9.36 Å². The van der Waals surface area contributed by atoms with Gasteiger partial charge in [0.1, 0.15) is 18.2 Å². The number of carbonyl (C=O) groups is 1. The van der Waals surface area contributed by atoms with E-state index in [1.807, 2.05) is 4.57 Å². The molecule has 0 radical (unpaired) electrons. The van der Waals surface area contributed by atoms with E-state index >= 15 is 0 Å².